The number of sulfonamides is 1. The first-order valence-electron chi connectivity index (χ1n) is 7.72. The van der Waals surface area contributed by atoms with E-state index in [1.54, 1.807) is 0 Å². The molecule has 0 radical (unpaired) electrons. The van der Waals surface area contributed by atoms with E-state index in [1.165, 1.54) is 19.1 Å². The number of ether oxygens (including phenoxy) is 1. The highest BCUT2D eigenvalue weighted by Gasteiger charge is 2.19. The lowest BCUT2D eigenvalue weighted by atomic mass is 10.2. The second kappa shape index (κ2) is 6.34. The summed E-state index contributed by atoms with van der Waals surface area (Å²) in [5, 5.41) is 0. The summed E-state index contributed by atoms with van der Waals surface area (Å²) < 4.78 is 31.5. The van der Waals surface area contributed by atoms with Crippen LogP contribution in [-0.2, 0) is 14.8 Å². The maximum atomic E-state index is 11.7. The van der Waals surface area contributed by atoms with E-state index in [0.29, 0.717) is 18.9 Å². The average Bonchev–Trinajstić information content (AvgIpc) is 3.00. The number of morpholine rings is 1. The van der Waals surface area contributed by atoms with Gasteiger partial charge < -0.3 is 14.5 Å². The van der Waals surface area contributed by atoms with E-state index in [-0.39, 0.29) is 0 Å². The molecule has 0 saturated carbocycles. The molecule has 0 aliphatic carbocycles. The number of rotatable bonds is 4. The SMILES string of the molecule is CS(=O)(=O)Nc1cc(N2CCCC2)ccc1N1CCOCC1. The molecule has 2 saturated heterocycles. The number of anilines is 3. The van der Waals surface area contributed by atoms with Crippen molar-refractivity contribution in [2.45, 2.75) is 12.8 Å². The Morgan fingerprint density at radius 2 is 1.73 bits per heavy atom. The molecule has 0 bridgehead atoms. The second-order valence-electron chi connectivity index (χ2n) is 5.87. The highest BCUT2D eigenvalue weighted by Crippen LogP contribution is 2.33. The monoisotopic (exact) mass is 325 g/mol. The zero-order valence-electron chi connectivity index (χ0n) is 12.9. The molecule has 2 fully saturated rings. The molecule has 0 unspecified atom stereocenters. The van der Waals surface area contributed by atoms with Gasteiger partial charge in [-0.15, -0.1) is 0 Å². The Balaban J connectivity index is 1.93. The highest BCUT2D eigenvalue weighted by atomic mass is 32.2. The van der Waals surface area contributed by atoms with Gasteiger partial charge in [0.05, 0.1) is 30.8 Å². The van der Waals surface area contributed by atoms with Crippen LogP contribution in [0.2, 0.25) is 0 Å². The van der Waals surface area contributed by atoms with Gasteiger partial charge >= 0.3 is 0 Å². The molecule has 1 aromatic carbocycles. The van der Waals surface area contributed by atoms with E-state index < -0.39 is 10.0 Å². The van der Waals surface area contributed by atoms with Crippen LogP contribution in [0.25, 0.3) is 0 Å². The molecule has 1 aromatic rings. The molecular weight excluding hydrogens is 302 g/mol. The third-order valence-electron chi connectivity index (χ3n) is 4.10. The van der Waals surface area contributed by atoms with Gasteiger partial charge in [-0.25, -0.2) is 8.42 Å². The quantitative estimate of drug-likeness (QED) is 0.909. The summed E-state index contributed by atoms with van der Waals surface area (Å²) in [4.78, 5) is 4.47. The van der Waals surface area contributed by atoms with Gasteiger partial charge in [0.1, 0.15) is 0 Å². The van der Waals surface area contributed by atoms with E-state index in [2.05, 4.69) is 20.6 Å². The van der Waals surface area contributed by atoms with Gasteiger partial charge in [-0.2, -0.15) is 0 Å². The van der Waals surface area contributed by atoms with Crippen molar-refractivity contribution in [3.05, 3.63) is 18.2 Å². The number of benzene rings is 1. The normalized spacial score (nSPS) is 19.5. The molecule has 0 atom stereocenters. The summed E-state index contributed by atoms with van der Waals surface area (Å²) in [6, 6.07) is 6.06. The molecule has 2 heterocycles. The zero-order valence-corrected chi connectivity index (χ0v) is 13.7. The number of nitrogens with one attached hydrogen (secondary N) is 1. The van der Waals surface area contributed by atoms with Crippen LogP contribution < -0.4 is 14.5 Å². The molecule has 0 spiro atoms. The zero-order chi connectivity index (χ0) is 15.6. The molecule has 2 aliphatic heterocycles. The smallest absolute Gasteiger partial charge is 0.229 e. The van der Waals surface area contributed by atoms with E-state index >= 15 is 0 Å². The fraction of sp³-hybridized carbons (Fsp3) is 0.600. The lowest BCUT2D eigenvalue weighted by Gasteiger charge is -2.31. The molecule has 122 valence electrons. The first-order chi connectivity index (χ1) is 10.5. The van der Waals surface area contributed by atoms with Crippen molar-refractivity contribution in [3.63, 3.8) is 0 Å². The molecule has 2 aliphatic rings. The van der Waals surface area contributed by atoms with Gasteiger partial charge in [0, 0.05) is 31.9 Å². The number of nitrogens with zero attached hydrogens (tertiary/aromatic N) is 2. The maximum Gasteiger partial charge on any atom is 0.229 e. The van der Waals surface area contributed by atoms with Crippen molar-refractivity contribution >= 4 is 27.1 Å². The molecule has 6 nitrogen and oxygen atoms in total. The highest BCUT2D eigenvalue weighted by molar-refractivity contribution is 7.92. The number of hydrogen-bond donors (Lipinski definition) is 1. The first-order valence-corrected chi connectivity index (χ1v) is 9.61. The van der Waals surface area contributed by atoms with Gasteiger partial charge in [-0.1, -0.05) is 0 Å². The topological polar surface area (TPSA) is 61.9 Å². The largest absolute Gasteiger partial charge is 0.378 e. The van der Waals surface area contributed by atoms with Crippen molar-refractivity contribution in [2.75, 3.05) is 60.2 Å². The van der Waals surface area contributed by atoms with Crippen LogP contribution in [0.15, 0.2) is 18.2 Å². The van der Waals surface area contributed by atoms with Gasteiger partial charge in [0.2, 0.25) is 10.0 Å². The van der Waals surface area contributed by atoms with E-state index in [0.717, 1.165) is 37.6 Å². The van der Waals surface area contributed by atoms with Crippen LogP contribution in [0.3, 0.4) is 0 Å². The lowest BCUT2D eigenvalue weighted by Crippen LogP contribution is -2.36. The van der Waals surface area contributed by atoms with Gasteiger partial charge in [-0.3, -0.25) is 4.72 Å². The maximum absolute atomic E-state index is 11.7. The first kappa shape index (κ1) is 15.4. The Bertz CT molecular complexity index is 621. The molecule has 22 heavy (non-hydrogen) atoms. The summed E-state index contributed by atoms with van der Waals surface area (Å²) in [5.41, 5.74) is 2.67. The Labute approximate surface area is 132 Å². The minimum absolute atomic E-state index is 0.661. The van der Waals surface area contributed by atoms with Crippen molar-refractivity contribution in [1.29, 1.82) is 0 Å². The van der Waals surface area contributed by atoms with Crippen molar-refractivity contribution < 1.29 is 13.2 Å². The van der Waals surface area contributed by atoms with Crippen LogP contribution in [0.4, 0.5) is 17.1 Å². The molecule has 0 amide bonds. The molecular formula is C15H23N3O3S. The molecule has 0 aromatic heterocycles. The van der Waals surface area contributed by atoms with Crippen LogP contribution in [0.5, 0.6) is 0 Å². The van der Waals surface area contributed by atoms with Gasteiger partial charge in [0.15, 0.2) is 0 Å². The summed E-state index contributed by atoms with van der Waals surface area (Å²) in [6.07, 6.45) is 3.58. The summed E-state index contributed by atoms with van der Waals surface area (Å²) in [5.74, 6) is 0. The summed E-state index contributed by atoms with van der Waals surface area (Å²) in [6.45, 7) is 4.98. The predicted octanol–water partition coefficient (Wildman–Crippen LogP) is 1.49. The van der Waals surface area contributed by atoms with E-state index in [1.807, 2.05) is 12.1 Å². The molecule has 7 heteroatoms. The average molecular weight is 325 g/mol. The third kappa shape index (κ3) is 3.64. The van der Waals surface area contributed by atoms with Crippen LogP contribution in [0, 0.1) is 0 Å². The van der Waals surface area contributed by atoms with Crippen LogP contribution >= 0.6 is 0 Å². The molecule has 1 N–H and O–H groups in total. The van der Waals surface area contributed by atoms with Gasteiger partial charge in [-0.05, 0) is 31.0 Å². The second-order valence-corrected chi connectivity index (χ2v) is 7.62. The fourth-order valence-corrected chi connectivity index (χ4v) is 3.62. The summed E-state index contributed by atoms with van der Waals surface area (Å²) in [7, 11) is -3.31. The Morgan fingerprint density at radius 3 is 2.36 bits per heavy atom. The van der Waals surface area contributed by atoms with Gasteiger partial charge in [0.25, 0.3) is 0 Å². The van der Waals surface area contributed by atoms with Crippen molar-refractivity contribution in [2.24, 2.45) is 0 Å². The fourth-order valence-electron chi connectivity index (χ4n) is 3.06. The van der Waals surface area contributed by atoms with E-state index in [9.17, 15) is 8.42 Å². The minimum atomic E-state index is -3.31. The Kier molecular flexibility index (Phi) is 4.44. The van der Waals surface area contributed by atoms with Crippen LogP contribution in [0.1, 0.15) is 12.8 Å². The predicted molar refractivity (Wildman–Crippen MR) is 89.4 cm³/mol. The molecule has 3 rings (SSSR count). The van der Waals surface area contributed by atoms with Crippen LogP contribution in [-0.4, -0.2) is 54.1 Å². The third-order valence-corrected chi connectivity index (χ3v) is 4.69. The van der Waals surface area contributed by atoms with E-state index in [4.69, 9.17) is 4.74 Å². The minimum Gasteiger partial charge on any atom is -0.378 e. The van der Waals surface area contributed by atoms with Crippen molar-refractivity contribution in [3.8, 4) is 0 Å². The summed E-state index contributed by atoms with van der Waals surface area (Å²) >= 11 is 0. The standard InChI is InChI=1S/C15H23N3O3S/c1-22(19,20)16-14-12-13(17-6-2-3-7-17)4-5-15(14)18-8-10-21-11-9-18/h4-5,12,16H,2-3,6-11H2,1H3. The number of hydrogen-bond acceptors (Lipinski definition) is 5. The lowest BCUT2D eigenvalue weighted by molar-refractivity contribution is 0.123. The van der Waals surface area contributed by atoms with Crippen molar-refractivity contribution in [1.82, 2.24) is 0 Å². The Morgan fingerprint density at radius 1 is 1.05 bits per heavy atom. The Hall–Kier alpha value is -1.47.